The number of hydrazone groups is 1. The fourth-order valence-corrected chi connectivity index (χ4v) is 3.39. The molecule has 30 heavy (non-hydrogen) atoms. The molecule has 3 aromatic carbocycles. The molecule has 5 aromatic rings. The molecule has 0 radical (unpaired) electrons. The van der Waals surface area contributed by atoms with E-state index in [4.69, 9.17) is 11.6 Å². The summed E-state index contributed by atoms with van der Waals surface area (Å²) in [6.07, 6.45) is 1.66. The maximum Gasteiger partial charge on any atom is 0.244 e. The summed E-state index contributed by atoms with van der Waals surface area (Å²) >= 11 is 6.04. The minimum absolute atomic E-state index is 0.413. The van der Waals surface area contributed by atoms with Gasteiger partial charge in [-0.1, -0.05) is 66.2 Å². The Morgan fingerprint density at radius 3 is 2.37 bits per heavy atom. The Labute approximate surface area is 178 Å². The number of halogens is 1. The standard InChI is InChI=1S/C24H16ClN5/c25-18-12-9-17(10-13-18)23-20-6-2-4-8-22(20)28-24(29-23)30-26-15-19-14-11-16-5-1-3-7-21(16)27-19/h1-15H,(H,28,29,30)/b26-15+. The van der Waals surface area contributed by atoms with Crippen LogP contribution in [-0.2, 0) is 0 Å². The topological polar surface area (TPSA) is 63.1 Å². The van der Waals surface area contributed by atoms with Crippen LogP contribution in [0.4, 0.5) is 5.95 Å². The summed E-state index contributed by atoms with van der Waals surface area (Å²) in [6, 6.07) is 27.4. The van der Waals surface area contributed by atoms with Gasteiger partial charge >= 0.3 is 0 Å². The van der Waals surface area contributed by atoms with Crippen molar-refractivity contribution in [3.05, 3.63) is 95.6 Å². The molecule has 0 amide bonds. The summed E-state index contributed by atoms with van der Waals surface area (Å²) in [5.74, 6) is 0.413. The van der Waals surface area contributed by atoms with Gasteiger partial charge in [-0.25, -0.2) is 20.4 Å². The molecule has 0 spiro atoms. The van der Waals surface area contributed by atoms with Gasteiger partial charge in [-0.05, 0) is 30.3 Å². The Bertz CT molecular complexity index is 1380. The van der Waals surface area contributed by atoms with Gasteiger partial charge in [-0.15, -0.1) is 0 Å². The number of rotatable bonds is 4. The quantitative estimate of drug-likeness (QED) is 0.294. The third-order valence-corrected chi connectivity index (χ3v) is 4.95. The monoisotopic (exact) mass is 409 g/mol. The molecule has 144 valence electrons. The molecule has 0 bridgehead atoms. The molecular weight excluding hydrogens is 394 g/mol. The van der Waals surface area contributed by atoms with E-state index in [1.165, 1.54) is 0 Å². The lowest BCUT2D eigenvalue weighted by Gasteiger charge is -2.08. The Hall–Kier alpha value is -3.83. The molecular formula is C24H16ClN5. The summed E-state index contributed by atoms with van der Waals surface area (Å²) < 4.78 is 0. The van der Waals surface area contributed by atoms with Crippen LogP contribution in [0.1, 0.15) is 5.69 Å². The largest absolute Gasteiger partial charge is 0.247 e. The number of benzene rings is 3. The van der Waals surface area contributed by atoms with Crippen molar-refractivity contribution in [1.82, 2.24) is 15.0 Å². The van der Waals surface area contributed by atoms with E-state index in [9.17, 15) is 0 Å². The average Bonchev–Trinajstić information content (AvgIpc) is 2.79. The number of hydrogen-bond donors (Lipinski definition) is 1. The fraction of sp³-hybridized carbons (Fsp3) is 0. The average molecular weight is 410 g/mol. The summed E-state index contributed by atoms with van der Waals surface area (Å²) in [4.78, 5) is 13.8. The first-order valence-electron chi connectivity index (χ1n) is 9.44. The van der Waals surface area contributed by atoms with E-state index in [-0.39, 0.29) is 0 Å². The van der Waals surface area contributed by atoms with Crippen molar-refractivity contribution in [2.75, 3.05) is 5.43 Å². The molecule has 0 saturated heterocycles. The number of aromatic nitrogens is 3. The van der Waals surface area contributed by atoms with Crippen molar-refractivity contribution in [2.45, 2.75) is 0 Å². The molecule has 2 heterocycles. The molecule has 0 unspecified atom stereocenters. The highest BCUT2D eigenvalue weighted by molar-refractivity contribution is 6.30. The molecule has 0 fully saturated rings. The Morgan fingerprint density at radius 1 is 0.733 bits per heavy atom. The van der Waals surface area contributed by atoms with Crippen LogP contribution >= 0.6 is 11.6 Å². The highest BCUT2D eigenvalue weighted by Gasteiger charge is 2.09. The molecule has 0 aliphatic rings. The number of para-hydroxylation sites is 2. The number of pyridine rings is 1. The van der Waals surface area contributed by atoms with Gasteiger partial charge in [0.25, 0.3) is 0 Å². The van der Waals surface area contributed by atoms with Crippen LogP contribution in [0, 0.1) is 0 Å². The Balaban J connectivity index is 1.48. The Kier molecular flexibility index (Phi) is 4.79. The molecule has 0 aliphatic heterocycles. The van der Waals surface area contributed by atoms with E-state index < -0.39 is 0 Å². The van der Waals surface area contributed by atoms with Gasteiger partial charge in [-0.2, -0.15) is 5.10 Å². The van der Waals surface area contributed by atoms with Crippen molar-refractivity contribution in [1.29, 1.82) is 0 Å². The van der Waals surface area contributed by atoms with E-state index in [1.807, 2.05) is 84.9 Å². The lowest BCUT2D eigenvalue weighted by atomic mass is 10.1. The predicted molar refractivity (Wildman–Crippen MR) is 123 cm³/mol. The minimum Gasteiger partial charge on any atom is -0.247 e. The molecule has 5 nitrogen and oxygen atoms in total. The van der Waals surface area contributed by atoms with Crippen molar-refractivity contribution < 1.29 is 0 Å². The normalized spacial score (nSPS) is 11.4. The lowest BCUT2D eigenvalue weighted by Crippen LogP contribution is -2.00. The van der Waals surface area contributed by atoms with Crippen LogP contribution in [0.15, 0.2) is 90.0 Å². The molecule has 2 aromatic heterocycles. The van der Waals surface area contributed by atoms with E-state index in [2.05, 4.69) is 25.5 Å². The number of fused-ring (bicyclic) bond motifs is 2. The highest BCUT2D eigenvalue weighted by atomic mass is 35.5. The van der Waals surface area contributed by atoms with E-state index in [0.29, 0.717) is 11.0 Å². The first-order chi connectivity index (χ1) is 14.8. The Morgan fingerprint density at radius 2 is 1.50 bits per heavy atom. The summed E-state index contributed by atoms with van der Waals surface area (Å²) in [6.45, 7) is 0. The number of nitrogens with zero attached hydrogens (tertiary/aromatic N) is 4. The number of anilines is 1. The second kappa shape index (κ2) is 7.89. The number of hydrogen-bond acceptors (Lipinski definition) is 5. The van der Waals surface area contributed by atoms with Gasteiger partial charge in [0.05, 0.1) is 28.6 Å². The SMILES string of the molecule is Clc1ccc(-c2nc(N/N=C/c3ccc4ccccc4n3)nc3ccccc23)cc1. The van der Waals surface area contributed by atoms with Crippen LogP contribution in [0.2, 0.25) is 5.02 Å². The van der Waals surface area contributed by atoms with Crippen molar-refractivity contribution >= 4 is 45.6 Å². The van der Waals surface area contributed by atoms with Gasteiger partial charge in [0.2, 0.25) is 5.95 Å². The van der Waals surface area contributed by atoms with Gasteiger partial charge in [-0.3, -0.25) is 0 Å². The summed E-state index contributed by atoms with van der Waals surface area (Å²) in [7, 11) is 0. The first-order valence-corrected chi connectivity index (χ1v) is 9.82. The van der Waals surface area contributed by atoms with Crippen molar-refractivity contribution in [2.24, 2.45) is 5.10 Å². The molecule has 1 N–H and O–H groups in total. The van der Waals surface area contributed by atoms with Gasteiger partial charge in [0.1, 0.15) is 0 Å². The fourth-order valence-electron chi connectivity index (χ4n) is 3.26. The van der Waals surface area contributed by atoms with Gasteiger partial charge < -0.3 is 0 Å². The van der Waals surface area contributed by atoms with Crippen LogP contribution in [0.5, 0.6) is 0 Å². The van der Waals surface area contributed by atoms with Crippen LogP contribution in [0.25, 0.3) is 33.1 Å². The zero-order chi connectivity index (χ0) is 20.3. The van der Waals surface area contributed by atoms with E-state index >= 15 is 0 Å². The molecule has 0 atom stereocenters. The molecule has 0 aliphatic carbocycles. The highest BCUT2D eigenvalue weighted by Crippen LogP contribution is 2.28. The molecule has 0 saturated carbocycles. The maximum atomic E-state index is 6.04. The van der Waals surface area contributed by atoms with Crippen LogP contribution < -0.4 is 5.43 Å². The van der Waals surface area contributed by atoms with Crippen molar-refractivity contribution in [3.8, 4) is 11.3 Å². The third-order valence-electron chi connectivity index (χ3n) is 4.70. The van der Waals surface area contributed by atoms with Crippen LogP contribution in [-0.4, -0.2) is 21.2 Å². The second-order valence-electron chi connectivity index (χ2n) is 6.72. The van der Waals surface area contributed by atoms with Gasteiger partial charge in [0.15, 0.2) is 0 Å². The molecule has 6 heteroatoms. The molecule has 5 rings (SSSR count). The first kappa shape index (κ1) is 18.2. The second-order valence-corrected chi connectivity index (χ2v) is 7.16. The number of nitrogens with one attached hydrogen (secondary N) is 1. The van der Waals surface area contributed by atoms with Gasteiger partial charge in [0, 0.05) is 21.4 Å². The van der Waals surface area contributed by atoms with Crippen molar-refractivity contribution in [3.63, 3.8) is 0 Å². The maximum absolute atomic E-state index is 6.04. The summed E-state index contributed by atoms with van der Waals surface area (Å²) in [5, 5.41) is 7.03. The minimum atomic E-state index is 0.413. The smallest absolute Gasteiger partial charge is 0.244 e. The zero-order valence-electron chi connectivity index (χ0n) is 15.8. The summed E-state index contributed by atoms with van der Waals surface area (Å²) in [5.41, 5.74) is 7.22. The van der Waals surface area contributed by atoms with E-state index in [1.54, 1.807) is 6.21 Å². The van der Waals surface area contributed by atoms with E-state index in [0.717, 1.165) is 38.8 Å². The third kappa shape index (κ3) is 3.71. The predicted octanol–water partition coefficient (Wildman–Crippen LogP) is 5.94. The van der Waals surface area contributed by atoms with Crippen LogP contribution in [0.3, 0.4) is 0 Å². The lowest BCUT2D eigenvalue weighted by molar-refractivity contribution is 1.15. The zero-order valence-corrected chi connectivity index (χ0v) is 16.6.